The van der Waals surface area contributed by atoms with E-state index in [9.17, 15) is 0 Å². The predicted molar refractivity (Wildman–Crippen MR) is 79.3 cm³/mol. The van der Waals surface area contributed by atoms with E-state index in [1.807, 2.05) is 18.2 Å². The monoisotopic (exact) mass is 276 g/mol. The van der Waals surface area contributed by atoms with Crippen LogP contribution in [0.5, 0.6) is 0 Å². The zero-order valence-corrected chi connectivity index (χ0v) is 12.1. The Morgan fingerprint density at radius 3 is 2.89 bits per heavy atom. The molecule has 0 aromatic carbocycles. The Hall–Kier alpha value is -1.23. The summed E-state index contributed by atoms with van der Waals surface area (Å²) in [7, 11) is 0. The van der Waals surface area contributed by atoms with Crippen LogP contribution < -0.4 is 5.32 Å². The van der Waals surface area contributed by atoms with Crippen molar-refractivity contribution in [2.75, 3.05) is 13.2 Å². The van der Waals surface area contributed by atoms with Crippen molar-refractivity contribution in [3.05, 3.63) is 52.0 Å². The number of rotatable bonds is 8. The van der Waals surface area contributed by atoms with Crippen LogP contribution in [-0.2, 0) is 24.3 Å². The molecule has 4 heteroatoms. The second-order valence-corrected chi connectivity index (χ2v) is 5.31. The Morgan fingerprint density at radius 2 is 2.11 bits per heavy atom. The summed E-state index contributed by atoms with van der Waals surface area (Å²) in [5.74, 6) is 0. The van der Waals surface area contributed by atoms with Gasteiger partial charge >= 0.3 is 0 Å². The normalized spacial score (nSPS) is 10.8. The average Bonchev–Trinajstić information content (AvgIpc) is 2.95. The molecule has 0 unspecified atom stereocenters. The third-order valence-electron chi connectivity index (χ3n) is 2.74. The SMILES string of the molecule is CCNCc1cccc(COCCc2cccs2)n1. The lowest BCUT2D eigenvalue weighted by atomic mass is 10.3. The number of hydrogen-bond donors (Lipinski definition) is 1. The van der Waals surface area contributed by atoms with Gasteiger partial charge in [0.1, 0.15) is 0 Å². The average molecular weight is 276 g/mol. The number of hydrogen-bond acceptors (Lipinski definition) is 4. The van der Waals surface area contributed by atoms with Gasteiger partial charge in [-0.1, -0.05) is 19.1 Å². The lowest BCUT2D eigenvalue weighted by Crippen LogP contribution is -2.13. The summed E-state index contributed by atoms with van der Waals surface area (Å²) < 4.78 is 5.68. The van der Waals surface area contributed by atoms with Gasteiger partial charge in [0.05, 0.1) is 24.6 Å². The second kappa shape index (κ2) is 8.04. The summed E-state index contributed by atoms with van der Waals surface area (Å²) >= 11 is 1.78. The number of pyridine rings is 1. The minimum absolute atomic E-state index is 0.589. The molecule has 0 fully saturated rings. The summed E-state index contributed by atoms with van der Waals surface area (Å²) in [4.78, 5) is 5.93. The van der Waals surface area contributed by atoms with Gasteiger partial charge in [0.15, 0.2) is 0 Å². The van der Waals surface area contributed by atoms with Crippen LogP contribution in [0.3, 0.4) is 0 Å². The minimum Gasteiger partial charge on any atom is -0.375 e. The van der Waals surface area contributed by atoms with Crippen molar-refractivity contribution in [3.63, 3.8) is 0 Å². The maximum Gasteiger partial charge on any atom is 0.0888 e. The van der Waals surface area contributed by atoms with Crippen LogP contribution in [0.4, 0.5) is 0 Å². The lowest BCUT2D eigenvalue weighted by molar-refractivity contribution is 0.121. The Balaban J connectivity index is 1.73. The summed E-state index contributed by atoms with van der Waals surface area (Å²) in [5.41, 5.74) is 2.07. The van der Waals surface area contributed by atoms with E-state index in [1.165, 1.54) is 4.88 Å². The Kier molecular flexibility index (Phi) is 6.01. The first kappa shape index (κ1) is 14.2. The number of thiophene rings is 1. The van der Waals surface area contributed by atoms with Crippen LogP contribution in [0.25, 0.3) is 0 Å². The quantitative estimate of drug-likeness (QED) is 0.753. The number of nitrogens with one attached hydrogen (secondary N) is 1. The Morgan fingerprint density at radius 1 is 1.21 bits per heavy atom. The molecule has 0 atom stereocenters. The first-order valence-electron chi connectivity index (χ1n) is 6.64. The second-order valence-electron chi connectivity index (χ2n) is 4.28. The highest BCUT2D eigenvalue weighted by atomic mass is 32.1. The molecule has 2 aromatic rings. The van der Waals surface area contributed by atoms with Crippen LogP contribution in [0.15, 0.2) is 35.7 Å². The number of aromatic nitrogens is 1. The van der Waals surface area contributed by atoms with Gasteiger partial charge in [-0.05, 0) is 30.1 Å². The fraction of sp³-hybridized carbons (Fsp3) is 0.400. The van der Waals surface area contributed by atoms with Crippen molar-refractivity contribution in [3.8, 4) is 0 Å². The van der Waals surface area contributed by atoms with Gasteiger partial charge in [-0.15, -0.1) is 11.3 Å². The van der Waals surface area contributed by atoms with E-state index in [-0.39, 0.29) is 0 Å². The molecule has 3 nitrogen and oxygen atoms in total. The van der Waals surface area contributed by atoms with E-state index in [0.29, 0.717) is 6.61 Å². The van der Waals surface area contributed by atoms with Gasteiger partial charge in [0.2, 0.25) is 0 Å². The molecular formula is C15H20N2OS. The highest BCUT2D eigenvalue weighted by molar-refractivity contribution is 7.09. The first-order valence-corrected chi connectivity index (χ1v) is 7.52. The van der Waals surface area contributed by atoms with Crippen LogP contribution in [0.1, 0.15) is 23.2 Å². The van der Waals surface area contributed by atoms with Crippen LogP contribution in [0, 0.1) is 0 Å². The van der Waals surface area contributed by atoms with Gasteiger partial charge < -0.3 is 10.1 Å². The molecule has 0 bridgehead atoms. The van der Waals surface area contributed by atoms with Gasteiger partial charge in [0, 0.05) is 17.8 Å². The molecule has 2 aromatic heterocycles. The van der Waals surface area contributed by atoms with Crippen molar-refractivity contribution in [2.24, 2.45) is 0 Å². The molecule has 0 saturated carbocycles. The number of nitrogens with zero attached hydrogens (tertiary/aromatic N) is 1. The van der Waals surface area contributed by atoms with Crippen molar-refractivity contribution in [1.29, 1.82) is 0 Å². The van der Waals surface area contributed by atoms with E-state index < -0.39 is 0 Å². The summed E-state index contributed by atoms with van der Waals surface area (Å²) in [6, 6.07) is 10.3. The molecule has 102 valence electrons. The standard InChI is InChI=1S/C15H20N2OS/c1-2-16-11-13-5-3-6-14(17-13)12-18-9-8-15-7-4-10-19-15/h3-7,10,16H,2,8-9,11-12H2,1H3. The molecule has 19 heavy (non-hydrogen) atoms. The summed E-state index contributed by atoms with van der Waals surface area (Å²) in [5, 5.41) is 5.37. The van der Waals surface area contributed by atoms with Gasteiger partial charge in [0.25, 0.3) is 0 Å². The highest BCUT2D eigenvalue weighted by Gasteiger charge is 1.99. The minimum atomic E-state index is 0.589. The molecule has 0 radical (unpaired) electrons. The van der Waals surface area contributed by atoms with Gasteiger partial charge in [-0.3, -0.25) is 4.98 Å². The van der Waals surface area contributed by atoms with Crippen LogP contribution >= 0.6 is 11.3 Å². The molecule has 0 aliphatic heterocycles. The maximum absolute atomic E-state index is 5.68. The smallest absolute Gasteiger partial charge is 0.0888 e. The van der Waals surface area contributed by atoms with E-state index in [0.717, 1.165) is 37.5 Å². The van der Waals surface area contributed by atoms with Gasteiger partial charge in [-0.25, -0.2) is 0 Å². The largest absolute Gasteiger partial charge is 0.375 e. The third-order valence-corrected chi connectivity index (χ3v) is 3.68. The van der Waals surface area contributed by atoms with Gasteiger partial charge in [-0.2, -0.15) is 0 Å². The molecule has 0 aliphatic carbocycles. The van der Waals surface area contributed by atoms with E-state index in [4.69, 9.17) is 4.74 Å². The van der Waals surface area contributed by atoms with E-state index in [2.05, 4.69) is 34.7 Å². The summed E-state index contributed by atoms with van der Waals surface area (Å²) in [6.07, 6.45) is 0.981. The van der Waals surface area contributed by atoms with Crippen molar-refractivity contribution in [1.82, 2.24) is 10.3 Å². The van der Waals surface area contributed by atoms with Crippen LogP contribution in [0.2, 0.25) is 0 Å². The van der Waals surface area contributed by atoms with Crippen molar-refractivity contribution in [2.45, 2.75) is 26.5 Å². The third kappa shape index (κ3) is 5.11. The fourth-order valence-electron chi connectivity index (χ4n) is 1.77. The molecule has 0 amide bonds. The Bertz CT molecular complexity index is 471. The lowest BCUT2D eigenvalue weighted by Gasteiger charge is -2.06. The molecular weight excluding hydrogens is 256 g/mol. The van der Waals surface area contributed by atoms with E-state index >= 15 is 0 Å². The van der Waals surface area contributed by atoms with Crippen molar-refractivity contribution < 1.29 is 4.74 Å². The maximum atomic E-state index is 5.68. The molecule has 0 aliphatic rings. The first-order chi connectivity index (χ1) is 9.38. The molecule has 0 saturated heterocycles. The summed E-state index contributed by atoms with van der Waals surface area (Å²) in [6.45, 7) is 5.21. The molecule has 0 spiro atoms. The molecule has 2 heterocycles. The van der Waals surface area contributed by atoms with E-state index in [1.54, 1.807) is 11.3 Å². The van der Waals surface area contributed by atoms with Crippen LogP contribution in [-0.4, -0.2) is 18.1 Å². The highest BCUT2D eigenvalue weighted by Crippen LogP contribution is 2.09. The predicted octanol–water partition coefficient (Wildman–Crippen LogP) is 3.01. The zero-order valence-electron chi connectivity index (χ0n) is 11.3. The molecule has 2 rings (SSSR count). The molecule has 1 N–H and O–H groups in total. The zero-order chi connectivity index (χ0) is 13.3. The fourth-order valence-corrected chi connectivity index (χ4v) is 2.46. The van der Waals surface area contributed by atoms with Crippen molar-refractivity contribution >= 4 is 11.3 Å². The Labute approximate surface area is 118 Å². The number of ether oxygens (including phenoxy) is 1. The topological polar surface area (TPSA) is 34.1 Å².